The van der Waals surface area contributed by atoms with Crippen LogP contribution in [0.3, 0.4) is 0 Å². The van der Waals surface area contributed by atoms with E-state index < -0.39 is 0 Å². The van der Waals surface area contributed by atoms with Crippen molar-refractivity contribution in [1.82, 2.24) is 5.32 Å². The number of hydrogen-bond acceptors (Lipinski definition) is 4. The summed E-state index contributed by atoms with van der Waals surface area (Å²) >= 11 is 0. The van der Waals surface area contributed by atoms with Crippen molar-refractivity contribution in [1.29, 1.82) is 0 Å². The van der Waals surface area contributed by atoms with Gasteiger partial charge in [0.15, 0.2) is 18.1 Å². The predicted octanol–water partition coefficient (Wildman–Crippen LogP) is 3.52. The van der Waals surface area contributed by atoms with E-state index >= 15 is 0 Å². The number of carbonyl (C=O) groups excluding carboxylic acids is 1. The van der Waals surface area contributed by atoms with Gasteiger partial charge in [0.25, 0.3) is 5.91 Å². The number of fused-ring (bicyclic) bond motifs is 1. The minimum absolute atomic E-state index is 0.0362. The molecule has 0 aromatic heterocycles. The fourth-order valence-electron chi connectivity index (χ4n) is 6.26. The summed E-state index contributed by atoms with van der Waals surface area (Å²) in [6, 6.07) is 5.62. The SMILES string of the molecule is C[C@@H](NC(=O)COc1ccc2c(c1)OCO2)C12CC3CC(CC(C3)C1)C2. The second kappa shape index (κ2) is 6.07. The van der Waals surface area contributed by atoms with Gasteiger partial charge in [0.2, 0.25) is 6.79 Å². The lowest BCUT2D eigenvalue weighted by atomic mass is 9.48. The molecule has 1 N–H and O–H groups in total. The monoisotopic (exact) mass is 357 g/mol. The first-order chi connectivity index (χ1) is 12.6. The van der Waals surface area contributed by atoms with Crippen LogP contribution in [0.5, 0.6) is 17.2 Å². The van der Waals surface area contributed by atoms with Crippen LogP contribution >= 0.6 is 0 Å². The smallest absolute Gasteiger partial charge is 0.258 e. The van der Waals surface area contributed by atoms with Crippen LogP contribution in [0, 0.1) is 23.2 Å². The number of benzene rings is 1. The molecule has 1 aliphatic heterocycles. The Kier molecular flexibility index (Phi) is 3.80. The molecule has 5 nitrogen and oxygen atoms in total. The first kappa shape index (κ1) is 16.3. The van der Waals surface area contributed by atoms with E-state index in [1.165, 1.54) is 38.5 Å². The van der Waals surface area contributed by atoms with E-state index in [9.17, 15) is 4.79 Å². The topological polar surface area (TPSA) is 56.8 Å². The molecule has 1 aromatic rings. The molecule has 6 rings (SSSR count). The lowest BCUT2D eigenvalue weighted by Gasteiger charge is -2.59. The van der Waals surface area contributed by atoms with Crippen molar-refractivity contribution in [2.24, 2.45) is 23.2 Å². The van der Waals surface area contributed by atoms with Crippen LogP contribution in [-0.2, 0) is 4.79 Å². The highest BCUT2D eigenvalue weighted by molar-refractivity contribution is 5.78. The van der Waals surface area contributed by atoms with E-state index in [0.717, 1.165) is 23.5 Å². The third-order valence-electron chi connectivity index (χ3n) is 7.10. The summed E-state index contributed by atoms with van der Waals surface area (Å²) in [4.78, 5) is 12.5. The van der Waals surface area contributed by atoms with Crippen molar-refractivity contribution in [3.63, 3.8) is 0 Å². The number of ether oxygens (including phenoxy) is 3. The second-order valence-electron chi connectivity index (χ2n) is 8.87. The van der Waals surface area contributed by atoms with Gasteiger partial charge in [-0.15, -0.1) is 0 Å². The van der Waals surface area contributed by atoms with Crippen LogP contribution in [-0.4, -0.2) is 25.3 Å². The van der Waals surface area contributed by atoms with Crippen LogP contribution < -0.4 is 19.5 Å². The third kappa shape index (κ3) is 2.81. The predicted molar refractivity (Wildman–Crippen MR) is 96.3 cm³/mol. The molecule has 5 aliphatic rings. The summed E-state index contributed by atoms with van der Waals surface area (Å²) in [6.07, 6.45) is 8.16. The number of rotatable bonds is 5. The molecule has 4 saturated carbocycles. The average molecular weight is 357 g/mol. The normalized spacial score (nSPS) is 34.6. The van der Waals surface area contributed by atoms with Crippen molar-refractivity contribution in [3.05, 3.63) is 18.2 Å². The molecule has 26 heavy (non-hydrogen) atoms. The molecular weight excluding hydrogens is 330 g/mol. The summed E-state index contributed by atoms with van der Waals surface area (Å²) < 4.78 is 16.3. The summed E-state index contributed by atoms with van der Waals surface area (Å²) in [5.41, 5.74) is 0.323. The summed E-state index contributed by atoms with van der Waals surface area (Å²) in [5, 5.41) is 3.24. The third-order valence-corrected chi connectivity index (χ3v) is 7.10. The molecular formula is C21H27NO4. The van der Waals surface area contributed by atoms with Gasteiger partial charge in [-0.2, -0.15) is 0 Å². The fraction of sp³-hybridized carbons (Fsp3) is 0.667. The average Bonchev–Trinajstić information content (AvgIpc) is 3.06. The standard InChI is InChI=1S/C21H27NO4/c1-13(21-8-14-4-15(9-21)6-16(5-14)10-21)22-20(23)11-24-17-2-3-18-19(7-17)26-12-25-18/h2-3,7,13-16H,4-6,8-12H2,1H3,(H,22,23)/t13-,14?,15?,16?,21?/m1/s1. The van der Waals surface area contributed by atoms with Gasteiger partial charge in [0.05, 0.1) is 0 Å². The Labute approximate surface area is 154 Å². The Hall–Kier alpha value is -1.91. The highest BCUT2D eigenvalue weighted by Gasteiger charge is 2.53. The van der Waals surface area contributed by atoms with Crippen LogP contribution in [0.25, 0.3) is 0 Å². The van der Waals surface area contributed by atoms with Crippen molar-refractivity contribution >= 4 is 5.91 Å². The van der Waals surface area contributed by atoms with Gasteiger partial charge in [-0.1, -0.05) is 0 Å². The molecule has 0 saturated heterocycles. The van der Waals surface area contributed by atoms with Gasteiger partial charge in [-0.25, -0.2) is 0 Å². The zero-order valence-electron chi connectivity index (χ0n) is 15.3. The molecule has 1 heterocycles. The summed E-state index contributed by atoms with van der Waals surface area (Å²) in [5.74, 6) is 4.67. The first-order valence-electron chi connectivity index (χ1n) is 9.91. The Morgan fingerprint density at radius 3 is 2.50 bits per heavy atom. The van der Waals surface area contributed by atoms with Gasteiger partial charge in [0.1, 0.15) is 5.75 Å². The summed E-state index contributed by atoms with van der Waals surface area (Å²) in [7, 11) is 0. The number of carbonyl (C=O) groups is 1. The first-order valence-corrected chi connectivity index (χ1v) is 9.91. The Morgan fingerprint density at radius 2 is 1.81 bits per heavy atom. The lowest BCUT2D eigenvalue weighted by Crippen LogP contribution is -2.56. The molecule has 4 fully saturated rings. The molecule has 4 bridgehead atoms. The minimum atomic E-state index is -0.0362. The molecule has 0 radical (unpaired) electrons. The van der Waals surface area contributed by atoms with Gasteiger partial charge in [-0.05, 0) is 80.8 Å². The van der Waals surface area contributed by atoms with Crippen LogP contribution in [0.4, 0.5) is 0 Å². The Balaban J connectivity index is 1.18. The molecule has 0 spiro atoms. The largest absolute Gasteiger partial charge is 0.484 e. The molecule has 140 valence electrons. The maximum absolute atomic E-state index is 12.5. The highest BCUT2D eigenvalue weighted by Crippen LogP contribution is 2.61. The molecule has 1 amide bonds. The van der Waals surface area contributed by atoms with Gasteiger partial charge in [-0.3, -0.25) is 4.79 Å². The van der Waals surface area contributed by atoms with E-state index in [2.05, 4.69) is 12.2 Å². The van der Waals surface area contributed by atoms with E-state index in [4.69, 9.17) is 14.2 Å². The number of hydrogen-bond donors (Lipinski definition) is 1. The van der Waals surface area contributed by atoms with E-state index in [1.54, 1.807) is 6.07 Å². The zero-order chi connectivity index (χ0) is 17.7. The maximum atomic E-state index is 12.5. The van der Waals surface area contributed by atoms with Gasteiger partial charge < -0.3 is 19.5 Å². The molecule has 4 aliphatic carbocycles. The van der Waals surface area contributed by atoms with E-state index in [1.807, 2.05) is 12.1 Å². The van der Waals surface area contributed by atoms with Crippen molar-refractivity contribution in [2.75, 3.05) is 13.4 Å². The van der Waals surface area contributed by atoms with Gasteiger partial charge in [0, 0.05) is 12.1 Å². The Bertz CT molecular complexity index is 681. The van der Waals surface area contributed by atoms with E-state index in [-0.39, 0.29) is 25.3 Å². The number of amides is 1. The van der Waals surface area contributed by atoms with Crippen LogP contribution in [0.2, 0.25) is 0 Å². The summed E-state index contributed by atoms with van der Waals surface area (Å²) in [6.45, 7) is 2.48. The van der Waals surface area contributed by atoms with Crippen molar-refractivity contribution < 1.29 is 19.0 Å². The quantitative estimate of drug-likeness (QED) is 0.876. The molecule has 1 atom stereocenters. The minimum Gasteiger partial charge on any atom is -0.484 e. The maximum Gasteiger partial charge on any atom is 0.258 e. The van der Waals surface area contributed by atoms with Crippen molar-refractivity contribution in [3.8, 4) is 17.2 Å². The number of nitrogens with one attached hydrogen (secondary N) is 1. The fourth-order valence-corrected chi connectivity index (χ4v) is 6.26. The van der Waals surface area contributed by atoms with Crippen molar-refractivity contribution in [2.45, 2.75) is 51.5 Å². The molecule has 0 unspecified atom stereocenters. The van der Waals surface area contributed by atoms with Gasteiger partial charge >= 0.3 is 0 Å². The highest BCUT2D eigenvalue weighted by atomic mass is 16.7. The van der Waals surface area contributed by atoms with Crippen LogP contribution in [0.15, 0.2) is 18.2 Å². The Morgan fingerprint density at radius 1 is 1.15 bits per heavy atom. The molecule has 1 aromatic carbocycles. The second-order valence-corrected chi connectivity index (χ2v) is 8.87. The lowest BCUT2D eigenvalue weighted by molar-refractivity contribution is -0.127. The zero-order valence-corrected chi connectivity index (χ0v) is 15.3. The van der Waals surface area contributed by atoms with Crippen LogP contribution in [0.1, 0.15) is 45.4 Å². The molecule has 5 heteroatoms. The van der Waals surface area contributed by atoms with E-state index in [0.29, 0.717) is 16.9 Å².